The smallest absolute Gasteiger partial charge is 0.122 e. The molecule has 0 N–H and O–H groups in total. The molecule has 0 bridgehead atoms. The van der Waals surface area contributed by atoms with Crippen LogP contribution in [0.5, 0.6) is 5.75 Å². The predicted molar refractivity (Wildman–Crippen MR) is 89.5 cm³/mol. The van der Waals surface area contributed by atoms with Crippen LogP contribution in [0.1, 0.15) is 62.6 Å². The monoisotopic (exact) mass is 298 g/mol. The van der Waals surface area contributed by atoms with Crippen molar-refractivity contribution < 1.29 is 9.47 Å². The van der Waals surface area contributed by atoms with Crippen molar-refractivity contribution in [2.24, 2.45) is 5.92 Å². The van der Waals surface area contributed by atoms with Crippen molar-refractivity contribution in [2.75, 3.05) is 13.7 Å². The largest absolute Gasteiger partial charge is 0.496 e. The van der Waals surface area contributed by atoms with E-state index in [0.717, 1.165) is 12.4 Å². The highest BCUT2D eigenvalue weighted by molar-refractivity contribution is 5.65. The summed E-state index contributed by atoms with van der Waals surface area (Å²) in [5, 5.41) is 0. The molecule has 4 rings (SSSR count). The van der Waals surface area contributed by atoms with Gasteiger partial charge in [0.05, 0.1) is 19.3 Å². The number of hydrogen-bond acceptors (Lipinski definition) is 2. The van der Waals surface area contributed by atoms with Gasteiger partial charge in [-0.15, -0.1) is 0 Å². The summed E-state index contributed by atoms with van der Waals surface area (Å²) in [6.45, 7) is 7.83. The van der Waals surface area contributed by atoms with Gasteiger partial charge in [-0.3, -0.25) is 0 Å². The van der Waals surface area contributed by atoms with E-state index in [0.29, 0.717) is 11.8 Å². The predicted octanol–water partition coefficient (Wildman–Crippen LogP) is 4.67. The number of methoxy groups -OCH3 is 1. The third-order valence-corrected chi connectivity index (χ3v) is 6.17. The topological polar surface area (TPSA) is 21.8 Å². The summed E-state index contributed by atoms with van der Waals surface area (Å²) in [4.78, 5) is 0. The number of fused-ring (bicyclic) bond motifs is 4. The third kappa shape index (κ3) is 1.83. The molecule has 1 aliphatic heterocycles. The molecule has 2 heteroatoms. The average Bonchev–Trinajstić information content (AvgIpc) is 3.26. The molecule has 1 spiro atoms. The van der Waals surface area contributed by atoms with Crippen molar-refractivity contribution >= 4 is 6.08 Å². The Kier molecular flexibility index (Phi) is 3.00. The standard InChI is InChI=1S/C20H26O2/c1-13(2)15-10-14-6-7-18-19(3,16(14)11-17(15)21-4)8-5-9-20(18)12-22-20/h6-7,10-11,13,18H,5,8-9,12H2,1-4H3/t18?,19-,20+/m1/s1. The Morgan fingerprint density at radius 3 is 2.68 bits per heavy atom. The van der Waals surface area contributed by atoms with Crippen molar-refractivity contribution in [2.45, 2.75) is 57.0 Å². The summed E-state index contributed by atoms with van der Waals surface area (Å²) in [6.07, 6.45) is 8.46. The van der Waals surface area contributed by atoms with E-state index in [1.165, 1.54) is 36.0 Å². The SMILES string of the molecule is COc1cc2c(cc1C(C)C)C=CC1[C@]3(CCC[C@]21C)CO3. The second kappa shape index (κ2) is 4.61. The molecule has 3 atom stereocenters. The van der Waals surface area contributed by atoms with Gasteiger partial charge in [-0.1, -0.05) is 32.9 Å². The number of hydrogen-bond donors (Lipinski definition) is 0. The van der Waals surface area contributed by atoms with Crippen molar-refractivity contribution in [1.29, 1.82) is 0 Å². The Morgan fingerprint density at radius 2 is 2.05 bits per heavy atom. The van der Waals surface area contributed by atoms with Crippen LogP contribution in [0.4, 0.5) is 0 Å². The number of epoxide rings is 1. The lowest BCUT2D eigenvalue weighted by Gasteiger charge is -2.47. The minimum Gasteiger partial charge on any atom is -0.496 e. The summed E-state index contributed by atoms with van der Waals surface area (Å²) in [7, 11) is 1.79. The van der Waals surface area contributed by atoms with E-state index in [2.05, 4.69) is 45.1 Å². The summed E-state index contributed by atoms with van der Waals surface area (Å²) >= 11 is 0. The normalized spacial score (nSPS) is 35.4. The maximum absolute atomic E-state index is 5.92. The number of rotatable bonds is 2. The minimum absolute atomic E-state index is 0.130. The van der Waals surface area contributed by atoms with Gasteiger partial charge in [-0.25, -0.2) is 0 Å². The van der Waals surface area contributed by atoms with E-state index in [-0.39, 0.29) is 11.0 Å². The maximum atomic E-state index is 5.92. The molecule has 0 aromatic heterocycles. The second-order valence-electron chi connectivity index (χ2n) is 7.80. The Balaban J connectivity index is 1.87. The second-order valence-corrected chi connectivity index (χ2v) is 7.80. The lowest BCUT2D eigenvalue weighted by atomic mass is 9.56. The van der Waals surface area contributed by atoms with Gasteiger partial charge in [-0.2, -0.15) is 0 Å². The third-order valence-electron chi connectivity index (χ3n) is 6.17. The Morgan fingerprint density at radius 1 is 1.27 bits per heavy atom. The lowest BCUT2D eigenvalue weighted by molar-refractivity contribution is 0.115. The van der Waals surface area contributed by atoms with Gasteiger partial charge < -0.3 is 9.47 Å². The summed E-state index contributed by atoms with van der Waals surface area (Å²) < 4.78 is 11.6. The van der Waals surface area contributed by atoms with E-state index in [9.17, 15) is 0 Å². The molecule has 1 heterocycles. The Hall–Kier alpha value is -1.28. The van der Waals surface area contributed by atoms with Crippen LogP contribution >= 0.6 is 0 Å². The number of ether oxygens (including phenoxy) is 2. The zero-order chi connectivity index (χ0) is 15.5. The fourth-order valence-corrected chi connectivity index (χ4v) is 4.83. The highest BCUT2D eigenvalue weighted by Crippen LogP contribution is 2.58. The summed E-state index contributed by atoms with van der Waals surface area (Å²) in [6, 6.07) is 4.65. The molecular weight excluding hydrogens is 272 g/mol. The molecule has 2 aliphatic carbocycles. The van der Waals surface area contributed by atoms with Gasteiger partial charge in [0, 0.05) is 11.3 Å². The van der Waals surface area contributed by atoms with Gasteiger partial charge in [-0.05, 0) is 54.0 Å². The van der Waals surface area contributed by atoms with E-state index in [1.807, 2.05) is 0 Å². The van der Waals surface area contributed by atoms with E-state index in [1.54, 1.807) is 7.11 Å². The first-order chi connectivity index (χ1) is 10.5. The molecule has 1 saturated carbocycles. The molecule has 2 nitrogen and oxygen atoms in total. The highest BCUT2D eigenvalue weighted by atomic mass is 16.6. The highest BCUT2D eigenvalue weighted by Gasteiger charge is 2.60. The quantitative estimate of drug-likeness (QED) is 0.740. The van der Waals surface area contributed by atoms with Crippen molar-refractivity contribution in [3.8, 4) is 5.75 Å². The van der Waals surface area contributed by atoms with Crippen LogP contribution in [0, 0.1) is 5.92 Å². The van der Waals surface area contributed by atoms with Crippen molar-refractivity contribution in [1.82, 2.24) is 0 Å². The van der Waals surface area contributed by atoms with Crippen molar-refractivity contribution in [3.05, 3.63) is 34.9 Å². The van der Waals surface area contributed by atoms with Crippen LogP contribution in [0.3, 0.4) is 0 Å². The molecule has 1 aromatic rings. The fourth-order valence-electron chi connectivity index (χ4n) is 4.83. The molecule has 22 heavy (non-hydrogen) atoms. The van der Waals surface area contributed by atoms with Gasteiger partial charge >= 0.3 is 0 Å². The zero-order valence-corrected chi connectivity index (χ0v) is 14.1. The molecule has 1 aromatic carbocycles. The first kappa shape index (κ1) is 14.3. The van der Waals surface area contributed by atoms with Crippen LogP contribution in [0.25, 0.3) is 6.08 Å². The van der Waals surface area contributed by atoms with E-state index < -0.39 is 0 Å². The Bertz CT molecular complexity index is 639. The fraction of sp³-hybridized carbons (Fsp3) is 0.600. The summed E-state index contributed by atoms with van der Waals surface area (Å²) in [5.74, 6) is 2.03. The van der Waals surface area contributed by atoms with Crippen LogP contribution in [-0.2, 0) is 10.2 Å². The molecule has 2 fully saturated rings. The molecule has 1 saturated heterocycles. The van der Waals surface area contributed by atoms with E-state index >= 15 is 0 Å². The van der Waals surface area contributed by atoms with E-state index in [4.69, 9.17) is 9.47 Å². The van der Waals surface area contributed by atoms with Gasteiger partial charge in [0.25, 0.3) is 0 Å². The van der Waals surface area contributed by atoms with Crippen molar-refractivity contribution in [3.63, 3.8) is 0 Å². The molecule has 0 radical (unpaired) electrons. The molecule has 3 aliphatic rings. The van der Waals surface area contributed by atoms with Crippen LogP contribution in [0.2, 0.25) is 0 Å². The Labute approximate surface area is 133 Å². The molecule has 1 unspecified atom stereocenters. The van der Waals surface area contributed by atoms with Gasteiger partial charge in [0.15, 0.2) is 0 Å². The zero-order valence-electron chi connectivity index (χ0n) is 14.1. The molecule has 118 valence electrons. The molecular formula is C20H26O2. The minimum atomic E-state index is 0.130. The first-order valence-electron chi connectivity index (χ1n) is 8.55. The maximum Gasteiger partial charge on any atom is 0.122 e. The van der Waals surface area contributed by atoms with Crippen LogP contribution in [0.15, 0.2) is 18.2 Å². The van der Waals surface area contributed by atoms with Crippen LogP contribution < -0.4 is 4.74 Å². The lowest BCUT2D eigenvalue weighted by Crippen LogP contribution is -2.46. The average molecular weight is 298 g/mol. The van der Waals surface area contributed by atoms with Crippen LogP contribution in [-0.4, -0.2) is 19.3 Å². The first-order valence-corrected chi connectivity index (χ1v) is 8.55. The van der Waals surface area contributed by atoms with Gasteiger partial charge in [0.1, 0.15) is 5.75 Å². The van der Waals surface area contributed by atoms with Gasteiger partial charge in [0.2, 0.25) is 0 Å². The molecule has 0 amide bonds. The number of benzene rings is 1. The summed E-state index contributed by atoms with van der Waals surface area (Å²) in [5.41, 5.74) is 4.45.